The van der Waals surface area contributed by atoms with Crippen molar-refractivity contribution in [2.24, 2.45) is 0 Å². The zero-order valence-corrected chi connectivity index (χ0v) is 19.6. The molecule has 0 bridgehead atoms. The minimum Gasteiger partial charge on any atom is -0.436 e. The van der Waals surface area contributed by atoms with Gasteiger partial charge in [-0.15, -0.1) is 0 Å². The topological polar surface area (TPSA) is 98.7 Å². The van der Waals surface area contributed by atoms with Gasteiger partial charge in [0.2, 0.25) is 5.89 Å². The number of rotatable bonds is 3. The fraction of sp³-hybridized carbons (Fsp3) is 0.0385. The number of carbonyl (C=O) groups excluding carboxylic acids is 1. The molecule has 4 N–H and O–H groups in total. The summed E-state index contributed by atoms with van der Waals surface area (Å²) in [6.07, 6.45) is 0. The molecule has 0 atom stereocenters. The Bertz CT molecular complexity index is 1540. The van der Waals surface area contributed by atoms with Crippen molar-refractivity contribution in [2.75, 3.05) is 5.32 Å². The van der Waals surface area contributed by atoms with Crippen molar-refractivity contribution in [1.82, 2.24) is 10.3 Å². The Morgan fingerprint density at radius 1 is 1.00 bits per heavy atom. The normalized spacial score (nSPS) is 10.6. The predicted molar refractivity (Wildman–Crippen MR) is 140 cm³/mol. The molecule has 170 valence electrons. The van der Waals surface area contributed by atoms with Gasteiger partial charge in [-0.1, -0.05) is 54.1 Å². The highest BCUT2D eigenvalue weighted by molar-refractivity contribution is 7.80. The van der Waals surface area contributed by atoms with Crippen molar-refractivity contribution in [3.63, 3.8) is 0 Å². The van der Waals surface area contributed by atoms with Gasteiger partial charge >= 0.3 is 0 Å². The molecular formula is C26H20ClN3O3S. The molecule has 5 rings (SSSR count). The third-order valence-electron chi connectivity index (χ3n) is 5.27. The molecule has 5 aromatic rings. The molecule has 0 spiro atoms. The number of carbonyl (C=O) groups is 1. The minimum absolute atomic E-state index is 0. The molecule has 0 aliphatic rings. The van der Waals surface area contributed by atoms with E-state index in [0.717, 1.165) is 27.4 Å². The summed E-state index contributed by atoms with van der Waals surface area (Å²) in [5.74, 6) is 0.173. The monoisotopic (exact) mass is 489 g/mol. The number of aromatic nitrogens is 1. The lowest BCUT2D eigenvalue weighted by Gasteiger charge is -2.12. The lowest BCUT2D eigenvalue weighted by Crippen LogP contribution is -2.34. The van der Waals surface area contributed by atoms with Crippen LogP contribution in [0.3, 0.4) is 0 Å². The fourth-order valence-electron chi connectivity index (χ4n) is 3.66. The standard InChI is InChI=1S/C26H18ClN3O2S.H2O/c1-15-9-12-23-22(13-15)28-25(32-23)17-10-11-20(27)21(14-17)29-26(33)30-24(31)19-8-4-6-16-5-2-3-7-18(16)19;/h2-14H,1H3,(H2,29,30,31,33);1H2. The molecule has 1 amide bonds. The molecule has 1 aromatic heterocycles. The van der Waals surface area contributed by atoms with Crippen molar-refractivity contribution >= 4 is 62.4 Å². The summed E-state index contributed by atoms with van der Waals surface area (Å²) in [7, 11) is 0. The first-order chi connectivity index (χ1) is 16.0. The van der Waals surface area contributed by atoms with Crippen molar-refractivity contribution in [1.29, 1.82) is 0 Å². The maximum atomic E-state index is 12.9. The minimum atomic E-state index is -0.300. The first-order valence-corrected chi connectivity index (χ1v) is 11.0. The van der Waals surface area contributed by atoms with Crippen LogP contribution in [0.5, 0.6) is 0 Å². The van der Waals surface area contributed by atoms with E-state index < -0.39 is 0 Å². The maximum Gasteiger partial charge on any atom is 0.258 e. The van der Waals surface area contributed by atoms with Crippen LogP contribution in [-0.4, -0.2) is 21.5 Å². The first-order valence-electron chi connectivity index (χ1n) is 10.3. The van der Waals surface area contributed by atoms with E-state index in [9.17, 15) is 4.79 Å². The zero-order chi connectivity index (χ0) is 22.9. The Balaban J connectivity index is 0.00000274. The second kappa shape index (κ2) is 9.61. The third-order valence-corrected chi connectivity index (χ3v) is 5.80. The number of nitrogens with zero attached hydrogens (tertiary/aromatic N) is 1. The fourth-order valence-corrected chi connectivity index (χ4v) is 4.03. The molecular weight excluding hydrogens is 470 g/mol. The first kappa shape index (κ1) is 23.4. The van der Waals surface area contributed by atoms with E-state index in [0.29, 0.717) is 27.7 Å². The second-order valence-electron chi connectivity index (χ2n) is 7.62. The van der Waals surface area contributed by atoms with E-state index in [1.807, 2.05) is 67.6 Å². The summed E-state index contributed by atoms with van der Waals surface area (Å²) < 4.78 is 5.89. The Kier molecular flexibility index (Phi) is 6.61. The van der Waals surface area contributed by atoms with Gasteiger partial charge in [-0.2, -0.15) is 0 Å². The molecule has 0 saturated carbocycles. The van der Waals surface area contributed by atoms with Crippen molar-refractivity contribution < 1.29 is 14.7 Å². The summed E-state index contributed by atoms with van der Waals surface area (Å²) in [5.41, 5.74) is 4.41. The van der Waals surface area contributed by atoms with Crippen LogP contribution in [0.1, 0.15) is 15.9 Å². The van der Waals surface area contributed by atoms with Crippen LogP contribution in [0.2, 0.25) is 5.02 Å². The number of fused-ring (bicyclic) bond motifs is 2. The average molecular weight is 490 g/mol. The predicted octanol–water partition coefficient (Wildman–Crippen LogP) is 5.91. The molecule has 0 aliphatic heterocycles. The average Bonchev–Trinajstić information content (AvgIpc) is 3.23. The largest absolute Gasteiger partial charge is 0.436 e. The Labute approximate surface area is 205 Å². The van der Waals surface area contributed by atoms with Gasteiger partial charge in [0, 0.05) is 11.1 Å². The van der Waals surface area contributed by atoms with E-state index in [4.69, 9.17) is 28.2 Å². The third kappa shape index (κ3) is 4.63. The van der Waals surface area contributed by atoms with Crippen LogP contribution in [-0.2, 0) is 0 Å². The Hall–Kier alpha value is -3.78. The van der Waals surface area contributed by atoms with Gasteiger partial charge in [0.05, 0.1) is 10.7 Å². The maximum absolute atomic E-state index is 12.9. The smallest absolute Gasteiger partial charge is 0.258 e. The van der Waals surface area contributed by atoms with Crippen LogP contribution in [0, 0.1) is 6.92 Å². The van der Waals surface area contributed by atoms with Crippen molar-refractivity contribution in [2.45, 2.75) is 6.92 Å². The molecule has 1 heterocycles. The number of nitrogens with one attached hydrogen (secondary N) is 2. The van der Waals surface area contributed by atoms with Gasteiger partial charge in [0.1, 0.15) is 5.52 Å². The summed E-state index contributed by atoms with van der Waals surface area (Å²) >= 11 is 11.8. The number of hydrogen-bond donors (Lipinski definition) is 2. The number of benzene rings is 4. The van der Waals surface area contributed by atoms with Crippen molar-refractivity contribution in [3.05, 3.63) is 95.0 Å². The number of anilines is 1. The zero-order valence-electron chi connectivity index (χ0n) is 18.1. The number of amides is 1. The van der Waals surface area contributed by atoms with Gasteiger partial charge < -0.3 is 15.2 Å². The molecule has 0 saturated heterocycles. The van der Waals surface area contributed by atoms with Gasteiger partial charge in [0.15, 0.2) is 10.7 Å². The van der Waals surface area contributed by atoms with Crippen LogP contribution < -0.4 is 10.6 Å². The summed E-state index contributed by atoms with van der Waals surface area (Å²) in [5, 5.41) is 8.17. The molecule has 0 radical (unpaired) electrons. The number of halogens is 1. The highest BCUT2D eigenvalue weighted by atomic mass is 35.5. The van der Waals surface area contributed by atoms with Crippen LogP contribution in [0.25, 0.3) is 33.3 Å². The van der Waals surface area contributed by atoms with Gasteiger partial charge in [-0.25, -0.2) is 4.98 Å². The quantitative estimate of drug-likeness (QED) is 0.307. The lowest BCUT2D eigenvalue weighted by molar-refractivity contribution is 0.0979. The van der Waals surface area contributed by atoms with Crippen LogP contribution in [0.4, 0.5) is 5.69 Å². The van der Waals surface area contributed by atoms with Crippen LogP contribution >= 0.6 is 23.8 Å². The molecule has 8 heteroatoms. The molecule has 34 heavy (non-hydrogen) atoms. The number of thiocarbonyl (C=S) groups is 1. The Morgan fingerprint density at radius 3 is 2.65 bits per heavy atom. The molecule has 0 unspecified atom stereocenters. The number of aryl methyl sites for hydroxylation is 1. The van der Waals surface area contributed by atoms with Gasteiger partial charge in [-0.05, 0) is 71.9 Å². The van der Waals surface area contributed by atoms with E-state index in [2.05, 4.69) is 15.6 Å². The summed E-state index contributed by atoms with van der Waals surface area (Å²) in [6, 6.07) is 24.4. The van der Waals surface area contributed by atoms with E-state index in [1.165, 1.54) is 0 Å². The molecule has 0 fully saturated rings. The Morgan fingerprint density at radius 2 is 1.79 bits per heavy atom. The summed E-state index contributed by atoms with van der Waals surface area (Å²) in [6.45, 7) is 2.01. The second-order valence-corrected chi connectivity index (χ2v) is 8.44. The van der Waals surface area contributed by atoms with E-state index in [-0.39, 0.29) is 16.5 Å². The van der Waals surface area contributed by atoms with E-state index in [1.54, 1.807) is 18.2 Å². The van der Waals surface area contributed by atoms with Crippen LogP contribution in [0.15, 0.2) is 83.3 Å². The molecule has 6 nitrogen and oxygen atoms in total. The highest BCUT2D eigenvalue weighted by Crippen LogP contribution is 2.30. The van der Waals surface area contributed by atoms with Gasteiger partial charge in [0.25, 0.3) is 5.91 Å². The highest BCUT2D eigenvalue weighted by Gasteiger charge is 2.14. The molecule has 4 aromatic carbocycles. The molecule has 0 aliphatic carbocycles. The number of oxazole rings is 1. The summed E-state index contributed by atoms with van der Waals surface area (Å²) in [4.78, 5) is 17.4. The van der Waals surface area contributed by atoms with Gasteiger partial charge in [-0.3, -0.25) is 10.1 Å². The lowest BCUT2D eigenvalue weighted by atomic mass is 10.0. The SMILES string of the molecule is Cc1ccc2oc(-c3ccc(Cl)c(NC(=S)NC(=O)c4cccc5ccccc45)c3)nc2c1.O. The van der Waals surface area contributed by atoms with Crippen molar-refractivity contribution in [3.8, 4) is 11.5 Å². The number of hydrogen-bond acceptors (Lipinski definition) is 4. The van der Waals surface area contributed by atoms with E-state index >= 15 is 0 Å².